The number of rotatable bonds is 5. The molecular weight excluding hydrogens is 260 g/mol. The van der Waals surface area contributed by atoms with Crippen molar-refractivity contribution in [3.05, 3.63) is 51.6 Å². The molecule has 0 saturated carbocycles. The SMILES string of the molecule is NC/C=C/CNC(=O)c1c(F)ccc([N+](=O)[O-])c1F. The van der Waals surface area contributed by atoms with Crippen LogP contribution in [-0.4, -0.2) is 23.9 Å². The van der Waals surface area contributed by atoms with Gasteiger partial charge in [0, 0.05) is 19.2 Å². The summed E-state index contributed by atoms with van der Waals surface area (Å²) < 4.78 is 27.0. The Balaban J connectivity index is 2.99. The van der Waals surface area contributed by atoms with E-state index in [1.165, 1.54) is 6.08 Å². The summed E-state index contributed by atoms with van der Waals surface area (Å²) in [5.74, 6) is -3.73. The second-order valence-corrected chi connectivity index (χ2v) is 3.43. The van der Waals surface area contributed by atoms with Crippen LogP contribution >= 0.6 is 0 Å². The topological polar surface area (TPSA) is 98.3 Å². The van der Waals surface area contributed by atoms with Crippen LogP contribution in [0.2, 0.25) is 0 Å². The molecule has 0 heterocycles. The Labute approximate surface area is 107 Å². The Hall–Kier alpha value is -2.35. The summed E-state index contributed by atoms with van der Waals surface area (Å²) in [4.78, 5) is 21.0. The van der Waals surface area contributed by atoms with Crippen molar-refractivity contribution in [3.8, 4) is 0 Å². The van der Waals surface area contributed by atoms with Gasteiger partial charge in [-0.3, -0.25) is 14.9 Å². The smallest absolute Gasteiger partial charge is 0.305 e. The summed E-state index contributed by atoms with van der Waals surface area (Å²) in [5, 5.41) is 12.7. The van der Waals surface area contributed by atoms with Gasteiger partial charge in [-0.25, -0.2) is 4.39 Å². The highest BCUT2D eigenvalue weighted by atomic mass is 19.1. The van der Waals surface area contributed by atoms with Gasteiger partial charge in [0.15, 0.2) is 0 Å². The van der Waals surface area contributed by atoms with E-state index in [0.717, 1.165) is 0 Å². The molecule has 0 bridgehead atoms. The highest BCUT2D eigenvalue weighted by Crippen LogP contribution is 2.22. The third-order valence-electron chi connectivity index (χ3n) is 2.18. The van der Waals surface area contributed by atoms with Gasteiger partial charge in [-0.15, -0.1) is 0 Å². The van der Waals surface area contributed by atoms with Crippen molar-refractivity contribution in [2.75, 3.05) is 13.1 Å². The molecule has 1 aromatic carbocycles. The first kappa shape index (κ1) is 14.7. The number of nitrogens with zero attached hydrogens (tertiary/aromatic N) is 1. The van der Waals surface area contributed by atoms with E-state index in [2.05, 4.69) is 5.32 Å². The zero-order valence-corrected chi connectivity index (χ0v) is 9.73. The van der Waals surface area contributed by atoms with E-state index in [9.17, 15) is 23.7 Å². The Morgan fingerprint density at radius 2 is 2.11 bits per heavy atom. The normalized spacial score (nSPS) is 10.7. The zero-order valence-electron chi connectivity index (χ0n) is 9.73. The van der Waals surface area contributed by atoms with Crippen LogP contribution in [0.15, 0.2) is 24.3 Å². The van der Waals surface area contributed by atoms with Crippen LogP contribution in [0.5, 0.6) is 0 Å². The number of hydrogen-bond donors (Lipinski definition) is 2. The van der Waals surface area contributed by atoms with Gasteiger partial charge >= 0.3 is 5.69 Å². The number of nitro groups is 1. The summed E-state index contributed by atoms with van der Waals surface area (Å²) in [7, 11) is 0. The molecule has 0 fully saturated rings. The van der Waals surface area contributed by atoms with Gasteiger partial charge in [-0.1, -0.05) is 12.2 Å². The molecule has 1 aromatic rings. The second-order valence-electron chi connectivity index (χ2n) is 3.43. The average Bonchev–Trinajstić information content (AvgIpc) is 2.34. The number of halogens is 2. The molecule has 0 aliphatic heterocycles. The molecule has 0 unspecified atom stereocenters. The number of benzene rings is 1. The molecule has 102 valence electrons. The molecule has 1 rings (SSSR count). The fourth-order valence-electron chi connectivity index (χ4n) is 1.31. The van der Waals surface area contributed by atoms with E-state index in [1.54, 1.807) is 6.08 Å². The lowest BCUT2D eigenvalue weighted by atomic mass is 10.1. The van der Waals surface area contributed by atoms with Crippen molar-refractivity contribution in [1.29, 1.82) is 0 Å². The van der Waals surface area contributed by atoms with Gasteiger partial charge in [0.25, 0.3) is 5.91 Å². The summed E-state index contributed by atoms with van der Waals surface area (Å²) in [6.07, 6.45) is 3.03. The minimum Gasteiger partial charge on any atom is -0.348 e. The predicted octanol–water partition coefficient (Wildman–Crippen LogP) is 1.12. The molecule has 3 N–H and O–H groups in total. The first-order chi connectivity index (χ1) is 8.99. The molecule has 0 radical (unpaired) electrons. The summed E-state index contributed by atoms with van der Waals surface area (Å²) in [5.41, 5.74) is 3.23. The van der Waals surface area contributed by atoms with Gasteiger partial charge in [-0.2, -0.15) is 4.39 Å². The average molecular weight is 271 g/mol. The van der Waals surface area contributed by atoms with Gasteiger partial charge < -0.3 is 11.1 Å². The van der Waals surface area contributed by atoms with E-state index < -0.39 is 33.7 Å². The molecule has 0 aliphatic carbocycles. The third kappa shape index (κ3) is 3.55. The largest absolute Gasteiger partial charge is 0.348 e. The molecule has 6 nitrogen and oxygen atoms in total. The molecule has 0 aromatic heterocycles. The van der Waals surface area contributed by atoms with Crippen LogP contribution in [-0.2, 0) is 0 Å². The Morgan fingerprint density at radius 3 is 2.68 bits per heavy atom. The molecule has 0 saturated heterocycles. The fraction of sp³-hybridized carbons (Fsp3) is 0.182. The molecule has 19 heavy (non-hydrogen) atoms. The number of carbonyl (C=O) groups is 1. The highest BCUT2D eigenvalue weighted by molar-refractivity contribution is 5.95. The van der Waals surface area contributed by atoms with Crippen molar-refractivity contribution >= 4 is 11.6 Å². The summed E-state index contributed by atoms with van der Waals surface area (Å²) in [6.45, 7) is 0.271. The molecular formula is C11H11F2N3O3. The Morgan fingerprint density at radius 1 is 1.42 bits per heavy atom. The van der Waals surface area contributed by atoms with Crippen molar-refractivity contribution < 1.29 is 18.5 Å². The van der Waals surface area contributed by atoms with Crippen molar-refractivity contribution in [1.82, 2.24) is 5.32 Å². The standard InChI is InChI=1S/C11H11F2N3O3/c12-7-3-4-8(16(18)19)10(13)9(7)11(17)15-6-2-1-5-14/h1-4H,5-6,14H2,(H,15,17)/b2-1+. The number of hydrogen-bond acceptors (Lipinski definition) is 4. The van der Waals surface area contributed by atoms with E-state index in [0.29, 0.717) is 12.1 Å². The van der Waals surface area contributed by atoms with Crippen LogP contribution in [0, 0.1) is 21.7 Å². The molecule has 0 atom stereocenters. The van der Waals surface area contributed by atoms with Crippen molar-refractivity contribution in [3.63, 3.8) is 0 Å². The highest BCUT2D eigenvalue weighted by Gasteiger charge is 2.25. The maximum Gasteiger partial charge on any atom is 0.305 e. The lowest BCUT2D eigenvalue weighted by molar-refractivity contribution is -0.387. The van der Waals surface area contributed by atoms with Crippen LogP contribution < -0.4 is 11.1 Å². The van der Waals surface area contributed by atoms with Crippen LogP contribution in [0.25, 0.3) is 0 Å². The minimum absolute atomic E-state index is 0.0115. The Kier molecular flexibility index (Phi) is 5.07. The molecule has 8 heteroatoms. The minimum atomic E-state index is -1.50. The zero-order chi connectivity index (χ0) is 14.4. The Bertz CT molecular complexity index is 532. The number of amides is 1. The molecule has 1 amide bonds. The van der Waals surface area contributed by atoms with Crippen LogP contribution in [0.1, 0.15) is 10.4 Å². The maximum absolute atomic E-state index is 13.6. The summed E-state index contributed by atoms with van der Waals surface area (Å²) >= 11 is 0. The van der Waals surface area contributed by atoms with Crippen LogP contribution in [0.3, 0.4) is 0 Å². The van der Waals surface area contributed by atoms with Crippen molar-refractivity contribution in [2.24, 2.45) is 5.73 Å². The predicted molar refractivity (Wildman–Crippen MR) is 63.5 cm³/mol. The number of carbonyl (C=O) groups excluding carboxylic acids is 1. The van der Waals surface area contributed by atoms with Crippen molar-refractivity contribution in [2.45, 2.75) is 0 Å². The third-order valence-corrected chi connectivity index (χ3v) is 2.18. The molecule has 0 aliphatic rings. The fourth-order valence-corrected chi connectivity index (χ4v) is 1.31. The second kappa shape index (κ2) is 6.55. The number of nitrogens with one attached hydrogen (secondary N) is 1. The summed E-state index contributed by atoms with van der Waals surface area (Å²) in [6, 6.07) is 1.33. The maximum atomic E-state index is 13.6. The first-order valence-corrected chi connectivity index (χ1v) is 5.24. The number of nitrogens with two attached hydrogens (primary N) is 1. The van der Waals surface area contributed by atoms with E-state index in [1.807, 2.05) is 0 Å². The molecule has 0 spiro atoms. The lowest BCUT2D eigenvalue weighted by Crippen LogP contribution is -2.26. The van der Waals surface area contributed by atoms with Gasteiger partial charge in [0.1, 0.15) is 11.4 Å². The van der Waals surface area contributed by atoms with E-state index >= 15 is 0 Å². The van der Waals surface area contributed by atoms with Gasteiger partial charge in [-0.05, 0) is 6.07 Å². The number of nitro benzene ring substituents is 1. The quantitative estimate of drug-likeness (QED) is 0.476. The first-order valence-electron chi connectivity index (χ1n) is 5.24. The lowest BCUT2D eigenvalue weighted by Gasteiger charge is -2.05. The van der Waals surface area contributed by atoms with E-state index in [4.69, 9.17) is 5.73 Å². The monoisotopic (exact) mass is 271 g/mol. The van der Waals surface area contributed by atoms with Gasteiger partial charge in [0.05, 0.1) is 4.92 Å². The van der Waals surface area contributed by atoms with Crippen LogP contribution in [0.4, 0.5) is 14.5 Å². The van der Waals surface area contributed by atoms with Gasteiger partial charge in [0.2, 0.25) is 5.82 Å². The van der Waals surface area contributed by atoms with E-state index in [-0.39, 0.29) is 13.1 Å².